The van der Waals surface area contributed by atoms with Gasteiger partial charge in [-0.1, -0.05) is 49.9 Å². The Labute approximate surface area is 178 Å². The van der Waals surface area contributed by atoms with Crippen molar-refractivity contribution in [2.45, 2.75) is 31.3 Å². The van der Waals surface area contributed by atoms with Crippen LogP contribution in [0.3, 0.4) is 0 Å². The van der Waals surface area contributed by atoms with Crippen molar-refractivity contribution in [3.05, 3.63) is 64.4 Å². The number of benzene rings is 2. The zero-order valence-corrected chi connectivity index (χ0v) is 17.9. The van der Waals surface area contributed by atoms with Crippen molar-refractivity contribution in [3.63, 3.8) is 0 Å². The summed E-state index contributed by atoms with van der Waals surface area (Å²) in [6, 6.07) is 15.4. The van der Waals surface area contributed by atoms with Gasteiger partial charge in [0.15, 0.2) is 5.16 Å². The zero-order valence-electron chi connectivity index (χ0n) is 17.1. The summed E-state index contributed by atoms with van der Waals surface area (Å²) in [7, 11) is 1.60. The van der Waals surface area contributed by atoms with Crippen LogP contribution in [-0.4, -0.2) is 37.9 Å². The van der Waals surface area contributed by atoms with Crippen LogP contribution in [0.5, 0.6) is 0 Å². The molecule has 1 unspecified atom stereocenters. The summed E-state index contributed by atoms with van der Waals surface area (Å²) in [5.41, 5.74) is 2.53. The Morgan fingerprint density at radius 2 is 1.87 bits per heavy atom. The van der Waals surface area contributed by atoms with E-state index in [1.807, 2.05) is 34.7 Å². The number of thioether (sulfide) groups is 1. The second kappa shape index (κ2) is 8.31. The van der Waals surface area contributed by atoms with E-state index in [1.54, 1.807) is 17.7 Å². The van der Waals surface area contributed by atoms with Gasteiger partial charge in [0.1, 0.15) is 0 Å². The number of carbonyl (C=O) groups is 1. The van der Waals surface area contributed by atoms with Gasteiger partial charge in [-0.15, -0.1) is 10.2 Å². The van der Waals surface area contributed by atoms with Crippen LogP contribution in [0, 0.1) is 0 Å². The highest BCUT2D eigenvalue weighted by Gasteiger charge is 2.18. The molecule has 4 aromatic rings. The minimum atomic E-state index is -0.148. The largest absolute Gasteiger partial charge is 0.358 e. The van der Waals surface area contributed by atoms with Gasteiger partial charge in [0.25, 0.3) is 5.56 Å². The first-order valence-corrected chi connectivity index (χ1v) is 10.9. The van der Waals surface area contributed by atoms with Gasteiger partial charge in [-0.3, -0.25) is 14.0 Å². The average molecular weight is 422 g/mol. The molecule has 0 bridgehead atoms. The second-order valence-electron chi connectivity index (χ2n) is 7.14. The molecule has 1 amide bonds. The highest BCUT2D eigenvalue weighted by atomic mass is 32.2. The number of aromatic nitrogens is 4. The molecule has 4 rings (SSSR count). The standard InChI is InChI=1S/C22H23N5O2S/c1-4-14(2)15-9-11-16(12-10-15)26-20(29)17-7-5-6-8-18(17)27-21(26)24-25-22(27)30-13-19(28)23-3/h5-12,14H,4,13H2,1-3H3,(H,23,28). The molecule has 0 fully saturated rings. The second-order valence-corrected chi connectivity index (χ2v) is 8.08. The maximum Gasteiger partial charge on any atom is 0.267 e. The van der Waals surface area contributed by atoms with E-state index in [1.165, 1.54) is 17.3 Å². The molecule has 0 aliphatic heterocycles. The van der Waals surface area contributed by atoms with Crippen LogP contribution in [0.15, 0.2) is 58.5 Å². The molecule has 2 aromatic carbocycles. The summed E-state index contributed by atoms with van der Waals surface area (Å²) < 4.78 is 3.42. The number of hydrogen-bond donors (Lipinski definition) is 1. The van der Waals surface area contributed by atoms with Gasteiger partial charge < -0.3 is 5.32 Å². The average Bonchev–Trinajstić information content (AvgIpc) is 3.21. The summed E-state index contributed by atoms with van der Waals surface area (Å²) in [5.74, 6) is 0.992. The molecule has 0 saturated heterocycles. The minimum Gasteiger partial charge on any atom is -0.358 e. The Kier molecular flexibility index (Phi) is 5.59. The SMILES string of the molecule is CCC(C)c1ccc(-n2c(=O)c3ccccc3n3c(SCC(=O)NC)nnc23)cc1. The van der Waals surface area contributed by atoms with Crippen molar-refractivity contribution < 1.29 is 4.79 Å². The predicted molar refractivity (Wildman–Crippen MR) is 120 cm³/mol. The summed E-state index contributed by atoms with van der Waals surface area (Å²) in [5, 5.41) is 12.3. The number of carbonyl (C=O) groups excluding carboxylic acids is 1. The summed E-state index contributed by atoms with van der Waals surface area (Å²) in [4.78, 5) is 25.1. The monoisotopic (exact) mass is 421 g/mol. The maximum absolute atomic E-state index is 13.4. The van der Waals surface area contributed by atoms with Crippen molar-refractivity contribution in [2.24, 2.45) is 0 Å². The number of fused-ring (bicyclic) bond motifs is 3. The predicted octanol–water partition coefficient (Wildman–Crippen LogP) is 3.39. The van der Waals surface area contributed by atoms with Crippen LogP contribution in [-0.2, 0) is 4.79 Å². The molecular weight excluding hydrogens is 398 g/mol. The molecule has 0 aliphatic rings. The molecule has 0 aliphatic carbocycles. The Bertz CT molecular complexity index is 1280. The fourth-order valence-electron chi connectivity index (χ4n) is 3.39. The van der Waals surface area contributed by atoms with Gasteiger partial charge in [0, 0.05) is 7.05 Å². The molecule has 8 heteroatoms. The van der Waals surface area contributed by atoms with Crippen LogP contribution < -0.4 is 10.9 Å². The van der Waals surface area contributed by atoms with Crippen molar-refractivity contribution in [1.29, 1.82) is 0 Å². The quantitative estimate of drug-likeness (QED) is 0.483. The molecular formula is C22H23N5O2S. The van der Waals surface area contributed by atoms with Crippen molar-refractivity contribution in [2.75, 3.05) is 12.8 Å². The van der Waals surface area contributed by atoms with E-state index in [0.29, 0.717) is 22.2 Å². The molecule has 154 valence electrons. The first-order chi connectivity index (χ1) is 14.5. The number of hydrogen-bond acceptors (Lipinski definition) is 5. The number of para-hydroxylation sites is 1. The van der Waals surface area contributed by atoms with Crippen molar-refractivity contribution in [1.82, 2.24) is 24.5 Å². The zero-order chi connectivity index (χ0) is 21.3. The summed E-state index contributed by atoms with van der Waals surface area (Å²) in [6.45, 7) is 4.34. The molecule has 2 aromatic heterocycles. The molecule has 1 N–H and O–H groups in total. The van der Waals surface area contributed by atoms with Crippen molar-refractivity contribution in [3.8, 4) is 5.69 Å². The van der Waals surface area contributed by atoms with E-state index in [4.69, 9.17) is 0 Å². The van der Waals surface area contributed by atoms with Crippen LogP contribution in [0.4, 0.5) is 0 Å². The maximum atomic E-state index is 13.4. The van der Waals surface area contributed by atoms with E-state index in [0.717, 1.165) is 17.6 Å². The lowest BCUT2D eigenvalue weighted by molar-refractivity contribution is -0.118. The van der Waals surface area contributed by atoms with Crippen LogP contribution in [0.25, 0.3) is 22.4 Å². The smallest absolute Gasteiger partial charge is 0.267 e. The molecule has 0 radical (unpaired) electrons. The Morgan fingerprint density at radius 3 is 2.57 bits per heavy atom. The van der Waals surface area contributed by atoms with Gasteiger partial charge in [-0.2, -0.15) is 0 Å². The van der Waals surface area contributed by atoms with E-state index in [2.05, 4.69) is 41.5 Å². The lowest BCUT2D eigenvalue weighted by Gasteiger charge is -2.13. The molecule has 30 heavy (non-hydrogen) atoms. The van der Waals surface area contributed by atoms with Gasteiger partial charge in [0.05, 0.1) is 22.3 Å². The Hall–Kier alpha value is -3.13. The van der Waals surface area contributed by atoms with E-state index >= 15 is 0 Å². The fourth-order valence-corrected chi connectivity index (χ4v) is 4.21. The van der Waals surface area contributed by atoms with Gasteiger partial charge in [-0.05, 0) is 42.2 Å². The number of nitrogens with one attached hydrogen (secondary N) is 1. The number of amides is 1. The van der Waals surface area contributed by atoms with Crippen LogP contribution in [0.2, 0.25) is 0 Å². The lowest BCUT2D eigenvalue weighted by atomic mass is 9.98. The number of rotatable bonds is 6. The molecule has 7 nitrogen and oxygen atoms in total. The number of nitrogens with zero attached hydrogens (tertiary/aromatic N) is 4. The first-order valence-electron chi connectivity index (χ1n) is 9.87. The van der Waals surface area contributed by atoms with Crippen molar-refractivity contribution >= 4 is 34.3 Å². The summed E-state index contributed by atoms with van der Waals surface area (Å²) >= 11 is 1.29. The molecule has 1 atom stereocenters. The Balaban J connectivity index is 1.93. The van der Waals surface area contributed by atoms with E-state index in [9.17, 15) is 9.59 Å². The van der Waals surface area contributed by atoms with Gasteiger partial charge in [0.2, 0.25) is 11.7 Å². The van der Waals surface area contributed by atoms with E-state index in [-0.39, 0.29) is 17.2 Å². The highest BCUT2D eigenvalue weighted by molar-refractivity contribution is 7.99. The normalized spacial score (nSPS) is 12.4. The van der Waals surface area contributed by atoms with E-state index < -0.39 is 0 Å². The molecule has 0 spiro atoms. The first kappa shape index (κ1) is 20.2. The van der Waals surface area contributed by atoms with Crippen LogP contribution in [0.1, 0.15) is 31.7 Å². The Morgan fingerprint density at radius 1 is 1.13 bits per heavy atom. The van der Waals surface area contributed by atoms with Gasteiger partial charge in [-0.25, -0.2) is 4.57 Å². The summed E-state index contributed by atoms with van der Waals surface area (Å²) in [6.07, 6.45) is 1.05. The topological polar surface area (TPSA) is 81.3 Å². The molecule has 2 heterocycles. The van der Waals surface area contributed by atoms with Crippen LogP contribution >= 0.6 is 11.8 Å². The third-order valence-corrected chi connectivity index (χ3v) is 6.27. The van der Waals surface area contributed by atoms with Gasteiger partial charge >= 0.3 is 0 Å². The third-order valence-electron chi connectivity index (χ3n) is 5.34. The lowest BCUT2D eigenvalue weighted by Crippen LogP contribution is -2.22. The minimum absolute atomic E-state index is 0.102. The highest BCUT2D eigenvalue weighted by Crippen LogP contribution is 2.24. The third kappa shape index (κ3) is 3.47. The molecule has 0 saturated carbocycles. The fraction of sp³-hybridized carbons (Fsp3) is 0.273.